The standard InChI is InChI=1S/C23H33N5OS2/c1-5-30-20-7-6-17(14-16(20)4)24-19-10-13-28(22(19)29)18-8-11-27(12-9-18)23-25-21(15(2)3)26-31-23/h6-7,14-15,18-19,24H,5,8-13H2,1-4H3. The average Bonchev–Trinajstić information content (AvgIpc) is 3.38. The van der Waals surface area contributed by atoms with Crippen LogP contribution in [0.3, 0.4) is 0 Å². The van der Waals surface area contributed by atoms with E-state index in [9.17, 15) is 4.79 Å². The fourth-order valence-electron chi connectivity index (χ4n) is 4.41. The molecule has 1 aromatic carbocycles. The number of hydrogen-bond donors (Lipinski definition) is 1. The Hall–Kier alpha value is -1.80. The molecule has 168 valence electrons. The van der Waals surface area contributed by atoms with Crippen LogP contribution in [0.2, 0.25) is 0 Å². The Kier molecular flexibility index (Phi) is 7.06. The van der Waals surface area contributed by atoms with Gasteiger partial charge in [0.2, 0.25) is 11.0 Å². The molecule has 6 nitrogen and oxygen atoms in total. The van der Waals surface area contributed by atoms with E-state index in [1.807, 2.05) is 11.8 Å². The highest BCUT2D eigenvalue weighted by molar-refractivity contribution is 7.99. The molecule has 0 saturated carbocycles. The lowest BCUT2D eigenvalue weighted by Crippen LogP contribution is -2.47. The minimum Gasteiger partial charge on any atom is -0.374 e. The Morgan fingerprint density at radius 1 is 1.23 bits per heavy atom. The molecule has 8 heteroatoms. The maximum absolute atomic E-state index is 13.1. The van der Waals surface area contributed by atoms with Gasteiger partial charge in [0, 0.05) is 53.7 Å². The molecular formula is C23H33N5OS2. The third kappa shape index (κ3) is 5.00. The Morgan fingerprint density at radius 3 is 2.65 bits per heavy atom. The van der Waals surface area contributed by atoms with Crippen molar-refractivity contribution in [3.05, 3.63) is 29.6 Å². The van der Waals surface area contributed by atoms with Crippen molar-refractivity contribution in [3.8, 4) is 0 Å². The summed E-state index contributed by atoms with van der Waals surface area (Å²) in [6.45, 7) is 11.3. The molecule has 2 aliphatic heterocycles. The highest BCUT2D eigenvalue weighted by Gasteiger charge is 2.37. The maximum Gasteiger partial charge on any atom is 0.245 e. The minimum atomic E-state index is -0.112. The van der Waals surface area contributed by atoms with E-state index in [0.29, 0.717) is 12.0 Å². The number of amides is 1. The van der Waals surface area contributed by atoms with Crippen LogP contribution in [-0.4, -0.2) is 57.6 Å². The number of carbonyl (C=O) groups excluding carboxylic acids is 1. The van der Waals surface area contributed by atoms with E-state index < -0.39 is 0 Å². The van der Waals surface area contributed by atoms with Gasteiger partial charge in [0.25, 0.3) is 0 Å². The van der Waals surface area contributed by atoms with Gasteiger partial charge in [-0.25, -0.2) is 4.98 Å². The van der Waals surface area contributed by atoms with Crippen molar-refractivity contribution in [1.82, 2.24) is 14.3 Å². The number of aromatic nitrogens is 2. The summed E-state index contributed by atoms with van der Waals surface area (Å²) >= 11 is 3.36. The second-order valence-electron chi connectivity index (χ2n) is 8.74. The summed E-state index contributed by atoms with van der Waals surface area (Å²) < 4.78 is 4.49. The maximum atomic E-state index is 13.1. The van der Waals surface area contributed by atoms with Gasteiger partial charge in [-0.2, -0.15) is 4.37 Å². The predicted octanol–water partition coefficient (Wildman–Crippen LogP) is 4.76. The fourth-order valence-corrected chi connectivity index (χ4v) is 6.04. The van der Waals surface area contributed by atoms with Crippen LogP contribution in [0.1, 0.15) is 57.3 Å². The SMILES string of the molecule is CCSc1ccc(NC2CCN(C3CCN(c4nc(C(C)C)ns4)CC3)C2=O)cc1C. The van der Waals surface area contributed by atoms with Gasteiger partial charge in [0.05, 0.1) is 0 Å². The third-order valence-corrected chi connectivity index (χ3v) is 8.03. The molecule has 3 heterocycles. The van der Waals surface area contributed by atoms with E-state index in [-0.39, 0.29) is 11.9 Å². The van der Waals surface area contributed by atoms with Crippen molar-refractivity contribution in [2.45, 2.75) is 69.9 Å². The second-order valence-corrected chi connectivity index (χ2v) is 10.8. The number of likely N-dealkylation sites (tertiary alicyclic amines) is 1. The van der Waals surface area contributed by atoms with Gasteiger partial charge in [0.1, 0.15) is 11.9 Å². The summed E-state index contributed by atoms with van der Waals surface area (Å²) in [6, 6.07) is 6.65. The van der Waals surface area contributed by atoms with Crippen molar-refractivity contribution >= 4 is 40.0 Å². The number of carbonyl (C=O) groups is 1. The lowest BCUT2D eigenvalue weighted by molar-refractivity contribution is -0.130. The average molecular weight is 460 g/mol. The Balaban J connectivity index is 1.32. The number of rotatable bonds is 7. The number of anilines is 2. The van der Waals surface area contributed by atoms with Crippen LogP contribution in [0.15, 0.2) is 23.1 Å². The zero-order valence-electron chi connectivity index (χ0n) is 18.9. The van der Waals surface area contributed by atoms with Crippen molar-refractivity contribution in [2.24, 2.45) is 0 Å². The molecular weight excluding hydrogens is 426 g/mol. The molecule has 31 heavy (non-hydrogen) atoms. The molecule has 1 aromatic heterocycles. The smallest absolute Gasteiger partial charge is 0.245 e. The number of hydrogen-bond acceptors (Lipinski definition) is 7. The van der Waals surface area contributed by atoms with Crippen molar-refractivity contribution in [1.29, 1.82) is 0 Å². The van der Waals surface area contributed by atoms with E-state index in [1.165, 1.54) is 22.0 Å². The molecule has 2 saturated heterocycles. The monoisotopic (exact) mass is 459 g/mol. The zero-order chi connectivity index (χ0) is 22.0. The van der Waals surface area contributed by atoms with E-state index >= 15 is 0 Å². The highest BCUT2D eigenvalue weighted by Crippen LogP contribution is 2.30. The first kappa shape index (κ1) is 22.4. The number of benzene rings is 1. The van der Waals surface area contributed by atoms with Crippen LogP contribution in [-0.2, 0) is 4.79 Å². The largest absolute Gasteiger partial charge is 0.374 e. The lowest BCUT2D eigenvalue weighted by atomic mass is 10.0. The molecule has 0 bridgehead atoms. The molecule has 2 aliphatic rings. The first-order valence-electron chi connectivity index (χ1n) is 11.3. The second kappa shape index (κ2) is 9.77. The van der Waals surface area contributed by atoms with Gasteiger partial charge < -0.3 is 15.1 Å². The third-order valence-electron chi connectivity index (χ3n) is 6.18. The van der Waals surface area contributed by atoms with Crippen LogP contribution in [0, 0.1) is 6.92 Å². The summed E-state index contributed by atoms with van der Waals surface area (Å²) in [7, 11) is 0. The van der Waals surface area contributed by atoms with Crippen molar-refractivity contribution in [3.63, 3.8) is 0 Å². The number of aryl methyl sites for hydroxylation is 1. The van der Waals surface area contributed by atoms with Gasteiger partial charge in [0.15, 0.2) is 0 Å². The molecule has 1 N–H and O–H groups in total. The Labute approximate surface area is 194 Å². The number of thioether (sulfide) groups is 1. The number of piperidine rings is 1. The van der Waals surface area contributed by atoms with Gasteiger partial charge in [-0.15, -0.1) is 11.8 Å². The topological polar surface area (TPSA) is 61.4 Å². The molecule has 0 radical (unpaired) electrons. The molecule has 2 fully saturated rings. The zero-order valence-corrected chi connectivity index (χ0v) is 20.6. The molecule has 1 unspecified atom stereocenters. The van der Waals surface area contributed by atoms with Crippen LogP contribution in [0.5, 0.6) is 0 Å². The first-order valence-corrected chi connectivity index (χ1v) is 13.1. The molecule has 2 aromatic rings. The van der Waals surface area contributed by atoms with E-state index in [0.717, 1.165) is 61.3 Å². The van der Waals surface area contributed by atoms with Crippen LogP contribution >= 0.6 is 23.3 Å². The molecule has 1 amide bonds. The first-order chi connectivity index (χ1) is 15.0. The number of nitrogens with one attached hydrogen (secondary N) is 1. The molecule has 4 rings (SSSR count). The predicted molar refractivity (Wildman–Crippen MR) is 131 cm³/mol. The van der Waals surface area contributed by atoms with E-state index in [4.69, 9.17) is 4.98 Å². The van der Waals surface area contributed by atoms with Gasteiger partial charge in [-0.1, -0.05) is 20.8 Å². The van der Waals surface area contributed by atoms with E-state index in [2.05, 4.69) is 65.4 Å². The van der Waals surface area contributed by atoms with Crippen molar-refractivity contribution in [2.75, 3.05) is 35.6 Å². The van der Waals surface area contributed by atoms with Crippen LogP contribution < -0.4 is 10.2 Å². The summed E-state index contributed by atoms with van der Waals surface area (Å²) in [5, 5.41) is 4.51. The van der Waals surface area contributed by atoms with Gasteiger partial charge >= 0.3 is 0 Å². The summed E-state index contributed by atoms with van der Waals surface area (Å²) in [5.41, 5.74) is 2.31. The van der Waals surface area contributed by atoms with Crippen LogP contribution in [0.25, 0.3) is 0 Å². The van der Waals surface area contributed by atoms with Crippen molar-refractivity contribution < 1.29 is 4.79 Å². The summed E-state index contributed by atoms with van der Waals surface area (Å²) in [5.74, 6) is 2.61. The quantitative estimate of drug-likeness (QED) is 0.602. The normalized spacial score (nSPS) is 20.2. The highest BCUT2D eigenvalue weighted by atomic mass is 32.2. The summed E-state index contributed by atoms with van der Waals surface area (Å²) in [6.07, 6.45) is 2.87. The van der Waals surface area contributed by atoms with Gasteiger partial charge in [-0.3, -0.25) is 4.79 Å². The summed E-state index contributed by atoms with van der Waals surface area (Å²) in [4.78, 5) is 23.6. The molecule has 0 aliphatic carbocycles. The van der Waals surface area contributed by atoms with Crippen LogP contribution in [0.4, 0.5) is 10.8 Å². The Bertz CT molecular complexity index is 907. The Morgan fingerprint density at radius 2 is 2.00 bits per heavy atom. The minimum absolute atomic E-state index is 0.112. The lowest BCUT2D eigenvalue weighted by Gasteiger charge is -2.36. The number of nitrogens with zero attached hydrogens (tertiary/aromatic N) is 4. The van der Waals surface area contributed by atoms with Gasteiger partial charge in [-0.05, 0) is 55.7 Å². The molecule has 1 atom stereocenters. The molecule has 0 spiro atoms. The fraction of sp³-hybridized carbons (Fsp3) is 0.609. The van der Waals surface area contributed by atoms with E-state index in [1.54, 1.807) is 0 Å².